The van der Waals surface area contributed by atoms with Gasteiger partial charge in [-0.3, -0.25) is 9.20 Å². The summed E-state index contributed by atoms with van der Waals surface area (Å²) in [6, 6.07) is 11.2. The topological polar surface area (TPSA) is 64.9 Å². The van der Waals surface area contributed by atoms with E-state index in [1.165, 1.54) is 19.3 Å². The molecule has 1 N–H and O–H groups in total. The highest BCUT2D eigenvalue weighted by Gasteiger charge is 2.20. The van der Waals surface area contributed by atoms with Crippen LogP contribution in [0.2, 0.25) is 0 Å². The Hall–Kier alpha value is -3.02. The second-order valence-electron chi connectivity index (χ2n) is 7.15. The third-order valence-electron chi connectivity index (χ3n) is 4.92. The maximum Gasteiger partial charge on any atom is 0.274 e. The summed E-state index contributed by atoms with van der Waals surface area (Å²) in [5.74, 6) is 1.30. The number of imidazole rings is 1. The Morgan fingerprint density at radius 3 is 2.53 bits per heavy atom. The van der Waals surface area contributed by atoms with Gasteiger partial charge in [-0.1, -0.05) is 33.1 Å². The van der Waals surface area contributed by atoms with Crippen LogP contribution < -0.4 is 14.8 Å². The number of anilines is 1. The maximum absolute atomic E-state index is 13.1. The number of rotatable bonds is 11. The van der Waals surface area contributed by atoms with E-state index in [0.717, 1.165) is 30.2 Å². The molecule has 160 valence electrons. The van der Waals surface area contributed by atoms with Gasteiger partial charge in [-0.15, -0.1) is 0 Å². The van der Waals surface area contributed by atoms with Gasteiger partial charge in [0.2, 0.25) is 0 Å². The van der Waals surface area contributed by atoms with E-state index in [9.17, 15) is 4.79 Å². The minimum atomic E-state index is -0.193. The predicted molar refractivity (Wildman–Crippen MR) is 120 cm³/mol. The lowest BCUT2D eigenvalue weighted by molar-refractivity contribution is 0.102. The van der Waals surface area contributed by atoms with Crippen LogP contribution in [0.1, 0.15) is 62.6 Å². The van der Waals surface area contributed by atoms with Crippen molar-refractivity contribution in [3.63, 3.8) is 0 Å². The molecule has 6 heteroatoms. The van der Waals surface area contributed by atoms with Gasteiger partial charge in [0, 0.05) is 11.9 Å². The number of fused-ring (bicyclic) bond motifs is 1. The van der Waals surface area contributed by atoms with Crippen LogP contribution in [0.25, 0.3) is 5.65 Å². The fraction of sp³-hybridized carbons (Fsp3) is 0.417. The molecule has 1 amide bonds. The number of pyridine rings is 1. The van der Waals surface area contributed by atoms with Crippen LogP contribution in [-0.2, 0) is 6.42 Å². The summed E-state index contributed by atoms with van der Waals surface area (Å²) in [4.78, 5) is 17.7. The van der Waals surface area contributed by atoms with E-state index in [1.807, 2.05) is 56.4 Å². The Kier molecular flexibility index (Phi) is 7.71. The lowest BCUT2D eigenvalue weighted by Crippen LogP contribution is -2.16. The summed E-state index contributed by atoms with van der Waals surface area (Å²) in [5, 5.41) is 2.98. The molecule has 0 aliphatic rings. The highest BCUT2D eigenvalue weighted by atomic mass is 16.5. The molecule has 0 unspecified atom stereocenters. The smallest absolute Gasteiger partial charge is 0.274 e. The molecule has 6 nitrogen and oxygen atoms in total. The highest BCUT2D eigenvalue weighted by Crippen LogP contribution is 2.24. The van der Waals surface area contributed by atoms with E-state index in [4.69, 9.17) is 9.47 Å². The van der Waals surface area contributed by atoms with Crippen molar-refractivity contribution in [3.05, 3.63) is 54.0 Å². The van der Waals surface area contributed by atoms with Gasteiger partial charge in [0.15, 0.2) is 11.4 Å². The highest BCUT2D eigenvalue weighted by molar-refractivity contribution is 6.04. The Bertz CT molecular complexity index is 964. The normalized spacial score (nSPS) is 10.9. The van der Waals surface area contributed by atoms with Crippen LogP contribution in [0.5, 0.6) is 11.5 Å². The van der Waals surface area contributed by atoms with E-state index >= 15 is 0 Å². The van der Waals surface area contributed by atoms with Crippen molar-refractivity contribution in [2.45, 2.75) is 52.9 Å². The lowest BCUT2D eigenvalue weighted by atomic mass is 10.2. The molecule has 0 spiro atoms. The Balaban J connectivity index is 1.71. The van der Waals surface area contributed by atoms with Crippen molar-refractivity contribution < 1.29 is 14.3 Å². The number of aryl methyl sites for hydroxylation is 1. The first-order chi connectivity index (χ1) is 14.7. The number of carbonyl (C=O) groups is 1. The number of nitrogens with one attached hydrogen (secondary N) is 1. The third-order valence-corrected chi connectivity index (χ3v) is 4.92. The molecule has 0 aliphatic heterocycles. The molecule has 0 fully saturated rings. The van der Waals surface area contributed by atoms with Crippen LogP contribution in [0.15, 0.2) is 42.6 Å². The second kappa shape index (κ2) is 10.7. The molecule has 1 aromatic carbocycles. The summed E-state index contributed by atoms with van der Waals surface area (Å²) < 4.78 is 13.2. The molecular weight excluding hydrogens is 378 g/mol. The average Bonchev–Trinajstić information content (AvgIpc) is 3.15. The Labute approximate surface area is 178 Å². The predicted octanol–water partition coefficient (Wildman–Crippen LogP) is 5.51. The van der Waals surface area contributed by atoms with Crippen molar-refractivity contribution in [2.24, 2.45) is 0 Å². The third kappa shape index (κ3) is 5.12. The zero-order chi connectivity index (χ0) is 21.3. The number of amides is 1. The largest absolute Gasteiger partial charge is 0.494 e. The molecule has 2 heterocycles. The van der Waals surface area contributed by atoms with Crippen molar-refractivity contribution in [2.75, 3.05) is 18.5 Å². The molecule has 30 heavy (non-hydrogen) atoms. The first-order valence-corrected chi connectivity index (χ1v) is 10.8. The Morgan fingerprint density at radius 2 is 1.83 bits per heavy atom. The van der Waals surface area contributed by atoms with Gasteiger partial charge in [-0.2, -0.15) is 0 Å². The summed E-state index contributed by atoms with van der Waals surface area (Å²) in [6.45, 7) is 7.38. The quantitative estimate of drug-likeness (QED) is 0.424. The molecule has 2 aromatic heterocycles. The van der Waals surface area contributed by atoms with E-state index in [2.05, 4.69) is 17.2 Å². The van der Waals surface area contributed by atoms with Gasteiger partial charge in [0.1, 0.15) is 11.4 Å². The second-order valence-corrected chi connectivity index (χ2v) is 7.15. The number of aromatic nitrogens is 2. The van der Waals surface area contributed by atoms with Crippen LogP contribution >= 0.6 is 0 Å². The van der Waals surface area contributed by atoms with Crippen LogP contribution in [0.4, 0.5) is 5.69 Å². The molecule has 0 atom stereocenters. The van der Waals surface area contributed by atoms with Crippen molar-refractivity contribution in [1.82, 2.24) is 9.38 Å². The number of unbranched alkanes of at least 4 members (excludes halogenated alkanes) is 3. The van der Waals surface area contributed by atoms with Crippen LogP contribution in [0, 0.1) is 0 Å². The number of carbonyl (C=O) groups excluding carboxylic acids is 1. The van der Waals surface area contributed by atoms with Gasteiger partial charge < -0.3 is 14.8 Å². The fourth-order valence-electron chi connectivity index (χ4n) is 3.39. The van der Waals surface area contributed by atoms with Crippen LogP contribution in [-0.4, -0.2) is 28.5 Å². The zero-order valence-corrected chi connectivity index (χ0v) is 18.1. The SMILES string of the molecule is CCCCCCOc1ccc(NC(=O)c2c(CC)nc3c(OCC)cccn23)cc1. The fourth-order valence-corrected chi connectivity index (χ4v) is 3.39. The first-order valence-electron chi connectivity index (χ1n) is 10.8. The molecule has 3 rings (SSSR count). The number of nitrogens with zero attached hydrogens (tertiary/aromatic N) is 2. The zero-order valence-electron chi connectivity index (χ0n) is 18.1. The standard InChI is InChI=1S/C24H31N3O3/c1-4-7-8-9-17-30-19-14-12-18(13-15-19)25-24(28)22-20(5-2)26-23-21(29-6-3)11-10-16-27(22)23/h10-16H,4-9,17H2,1-3H3,(H,25,28). The Morgan fingerprint density at radius 1 is 1.03 bits per heavy atom. The van der Waals surface area contributed by atoms with Crippen LogP contribution in [0.3, 0.4) is 0 Å². The van der Waals surface area contributed by atoms with Crippen molar-refractivity contribution >= 4 is 17.2 Å². The number of hydrogen-bond donors (Lipinski definition) is 1. The molecule has 0 bridgehead atoms. The monoisotopic (exact) mass is 409 g/mol. The summed E-state index contributed by atoms with van der Waals surface area (Å²) in [5.41, 5.74) is 2.65. The lowest BCUT2D eigenvalue weighted by Gasteiger charge is -2.09. The molecule has 0 saturated heterocycles. The van der Waals surface area contributed by atoms with E-state index in [1.54, 1.807) is 4.40 Å². The van der Waals surface area contributed by atoms with Gasteiger partial charge in [-0.25, -0.2) is 4.98 Å². The average molecular weight is 410 g/mol. The minimum Gasteiger partial charge on any atom is -0.494 e. The molecule has 0 aliphatic carbocycles. The summed E-state index contributed by atoms with van der Waals surface area (Å²) in [6.07, 6.45) is 7.20. The number of benzene rings is 1. The van der Waals surface area contributed by atoms with Crippen molar-refractivity contribution in [3.8, 4) is 11.5 Å². The van der Waals surface area contributed by atoms with E-state index < -0.39 is 0 Å². The molecular formula is C24H31N3O3. The van der Waals surface area contributed by atoms with E-state index in [0.29, 0.717) is 30.1 Å². The molecule has 0 saturated carbocycles. The summed E-state index contributed by atoms with van der Waals surface area (Å²) >= 11 is 0. The van der Waals surface area contributed by atoms with Gasteiger partial charge in [0.05, 0.1) is 18.9 Å². The minimum absolute atomic E-state index is 0.193. The number of ether oxygens (including phenoxy) is 2. The van der Waals surface area contributed by atoms with Gasteiger partial charge >= 0.3 is 0 Å². The van der Waals surface area contributed by atoms with Gasteiger partial charge in [0.25, 0.3) is 5.91 Å². The number of hydrogen-bond acceptors (Lipinski definition) is 4. The van der Waals surface area contributed by atoms with Crippen molar-refractivity contribution in [1.29, 1.82) is 0 Å². The first kappa shape index (κ1) is 21.7. The van der Waals surface area contributed by atoms with Gasteiger partial charge in [-0.05, 0) is 56.2 Å². The van der Waals surface area contributed by atoms with E-state index in [-0.39, 0.29) is 5.91 Å². The molecule has 3 aromatic rings. The maximum atomic E-state index is 13.1. The molecule has 0 radical (unpaired) electrons. The summed E-state index contributed by atoms with van der Waals surface area (Å²) in [7, 11) is 0.